The highest BCUT2D eigenvalue weighted by Gasteiger charge is 1.95. The van der Waals surface area contributed by atoms with Crippen LogP contribution in [-0.2, 0) is 6.42 Å². The van der Waals surface area contributed by atoms with Crippen molar-refractivity contribution in [1.29, 1.82) is 0 Å². The van der Waals surface area contributed by atoms with Crippen LogP contribution in [0.1, 0.15) is 32.3 Å². The third-order valence-electron chi connectivity index (χ3n) is 1.91. The number of hydrogen-bond acceptors (Lipinski definition) is 2. The van der Waals surface area contributed by atoms with Gasteiger partial charge in [-0.15, -0.1) is 0 Å². The molecule has 1 aromatic heterocycles. The summed E-state index contributed by atoms with van der Waals surface area (Å²) in [4.78, 5) is 4.20. The maximum atomic E-state index is 5.25. The topological polar surface area (TPSA) is 22.1 Å². The van der Waals surface area contributed by atoms with E-state index in [1.165, 1.54) is 18.4 Å². The lowest BCUT2D eigenvalue weighted by atomic mass is 10.1. The Bertz CT molecular complexity index is 230. The van der Waals surface area contributed by atoms with Gasteiger partial charge >= 0.3 is 0 Å². The third kappa shape index (κ3) is 3.45. The van der Waals surface area contributed by atoms with Crippen LogP contribution in [0.3, 0.4) is 0 Å². The Morgan fingerprint density at radius 2 is 2.15 bits per heavy atom. The molecule has 13 heavy (non-hydrogen) atoms. The molecule has 0 aliphatic carbocycles. The van der Waals surface area contributed by atoms with Crippen LogP contribution in [-0.4, -0.2) is 11.6 Å². The lowest BCUT2D eigenvalue weighted by Crippen LogP contribution is -1.94. The predicted molar refractivity (Wildman–Crippen MR) is 54.0 cm³/mol. The summed E-state index contributed by atoms with van der Waals surface area (Å²) in [7, 11) is 0. The van der Waals surface area contributed by atoms with Gasteiger partial charge in [0.05, 0.1) is 6.61 Å². The SMILES string of the molecule is CCCCc1ccc(OCC)nc1. The van der Waals surface area contributed by atoms with Gasteiger partial charge < -0.3 is 4.74 Å². The molecule has 72 valence electrons. The van der Waals surface area contributed by atoms with E-state index in [-0.39, 0.29) is 0 Å². The quantitative estimate of drug-likeness (QED) is 0.693. The van der Waals surface area contributed by atoms with Crippen molar-refractivity contribution in [2.45, 2.75) is 33.1 Å². The second-order valence-corrected chi connectivity index (χ2v) is 3.04. The van der Waals surface area contributed by atoms with E-state index in [1.54, 1.807) is 0 Å². The molecule has 0 atom stereocenters. The zero-order valence-electron chi connectivity index (χ0n) is 8.42. The van der Waals surface area contributed by atoms with Crippen LogP contribution >= 0.6 is 0 Å². The second-order valence-electron chi connectivity index (χ2n) is 3.04. The van der Waals surface area contributed by atoms with Crippen molar-refractivity contribution in [3.8, 4) is 5.88 Å². The van der Waals surface area contributed by atoms with Gasteiger partial charge in [-0.2, -0.15) is 0 Å². The highest BCUT2D eigenvalue weighted by molar-refractivity contribution is 5.17. The van der Waals surface area contributed by atoms with E-state index in [0.717, 1.165) is 12.3 Å². The van der Waals surface area contributed by atoms with Crippen molar-refractivity contribution >= 4 is 0 Å². The summed E-state index contributed by atoms with van der Waals surface area (Å²) >= 11 is 0. The molecule has 0 amide bonds. The Morgan fingerprint density at radius 1 is 1.31 bits per heavy atom. The average Bonchev–Trinajstić information content (AvgIpc) is 2.17. The first-order chi connectivity index (χ1) is 6.36. The fraction of sp³-hybridized carbons (Fsp3) is 0.545. The Morgan fingerprint density at radius 3 is 2.69 bits per heavy atom. The monoisotopic (exact) mass is 179 g/mol. The molecule has 0 bridgehead atoms. The number of hydrogen-bond donors (Lipinski definition) is 0. The fourth-order valence-corrected chi connectivity index (χ4v) is 1.17. The van der Waals surface area contributed by atoms with E-state index in [0.29, 0.717) is 6.61 Å². The summed E-state index contributed by atoms with van der Waals surface area (Å²) in [5, 5.41) is 0. The predicted octanol–water partition coefficient (Wildman–Crippen LogP) is 2.82. The van der Waals surface area contributed by atoms with Gasteiger partial charge in [0.2, 0.25) is 5.88 Å². The van der Waals surface area contributed by atoms with Crippen LogP contribution in [0.25, 0.3) is 0 Å². The molecule has 2 nitrogen and oxygen atoms in total. The van der Waals surface area contributed by atoms with Crippen molar-refractivity contribution in [1.82, 2.24) is 4.98 Å². The molecule has 1 heterocycles. The Balaban J connectivity index is 2.48. The van der Waals surface area contributed by atoms with Crippen molar-refractivity contribution < 1.29 is 4.74 Å². The van der Waals surface area contributed by atoms with Crippen LogP contribution in [0, 0.1) is 0 Å². The number of rotatable bonds is 5. The molecule has 0 saturated heterocycles. The van der Waals surface area contributed by atoms with E-state index >= 15 is 0 Å². The third-order valence-corrected chi connectivity index (χ3v) is 1.91. The summed E-state index contributed by atoms with van der Waals surface area (Å²) in [5.41, 5.74) is 1.30. The van der Waals surface area contributed by atoms with Crippen LogP contribution in [0.15, 0.2) is 18.3 Å². The number of ether oxygens (including phenoxy) is 1. The summed E-state index contributed by atoms with van der Waals surface area (Å²) in [6.07, 6.45) is 5.49. The van der Waals surface area contributed by atoms with Gasteiger partial charge in [-0.3, -0.25) is 0 Å². The van der Waals surface area contributed by atoms with Crippen molar-refractivity contribution in [3.05, 3.63) is 23.9 Å². The summed E-state index contributed by atoms with van der Waals surface area (Å²) < 4.78 is 5.25. The highest BCUT2D eigenvalue weighted by Crippen LogP contribution is 2.09. The Hall–Kier alpha value is -1.05. The minimum Gasteiger partial charge on any atom is -0.478 e. The number of aromatic nitrogens is 1. The molecule has 0 fully saturated rings. The smallest absolute Gasteiger partial charge is 0.213 e. The van der Waals surface area contributed by atoms with Crippen molar-refractivity contribution in [2.24, 2.45) is 0 Å². The highest BCUT2D eigenvalue weighted by atomic mass is 16.5. The molecule has 0 N–H and O–H groups in total. The number of pyridine rings is 1. The van der Waals surface area contributed by atoms with Crippen molar-refractivity contribution in [3.63, 3.8) is 0 Å². The molecule has 0 saturated carbocycles. The van der Waals surface area contributed by atoms with Gasteiger partial charge in [0, 0.05) is 12.3 Å². The number of aryl methyl sites for hydroxylation is 1. The standard InChI is InChI=1S/C11H17NO/c1-3-5-6-10-7-8-11(12-9-10)13-4-2/h7-9H,3-6H2,1-2H3. The molecule has 0 aliphatic heterocycles. The first kappa shape index (κ1) is 10.0. The van der Waals surface area contributed by atoms with Gasteiger partial charge in [-0.05, 0) is 25.3 Å². The van der Waals surface area contributed by atoms with Gasteiger partial charge in [-0.1, -0.05) is 19.4 Å². The summed E-state index contributed by atoms with van der Waals surface area (Å²) in [5.74, 6) is 0.725. The maximum absolute atomic E-state index is 5.25. The molecule has 1 aromatic rings. The van der Waals surface area contributed by atoms with E-state index < -0.39 is 0 Å². The molecular weight excluding hydrogens is 162 g/mol. The zero-order valence-corrected chi connectivity index (χ0v) is 8.42. The fourth-order valence-electron chi connectivity index (χ4n) is 1.17. The molecule has 0 aromatic carbocycles. The van der Waals surface area contributed by atoms with Crippen LogP contribution in [0.2, 0.25) is 0 Å². The van der Waals surface area contributed by atoms with Gasteiger partial charge in [0.1, 0.15) is 0 Å². The summed E-state index contributed by atoms with van der Waals surface area (Å²) in [6, 6.07) is 4.03. The van der Waals surface area contributed by atoms with E-state index in [9.17, 15) is 0 Å². The van der Waals surface area contributed by atoms with E-state index in [1.807, 2.05) is 19.2 Å². The molecule has 0 unspecified atom stereocenters. The molecular formula is C11H17NO. The number of unbranched alkanes of at least 4 members (excludes halogenated alkanes) is 1. The van der Waals surface area contributed by atoms with Crippen LogP contribution < -0.4 is 4.74 Å². The molecule has 0 spiro atoms. The zero-order chi connectivity index (χ0) is 9.52. The molecule has 0 aliphatic rings. The molecule has 0 radical (unpaired) electrons. The number of nitrogens with zero attached hydrogens (tertiary/aromatic N) is 1. The second kappa shape index (κ2) is 5.57. The maximum Gasteiger partial charge on any atom is 0.213 e. The van der Waals surface area contributed by atoms with Crippen LogP contribution in [0.5, 0.6) is 5.88 Å². The minimum atomic E-state index is 0.682. The Labute approximate surface area is 80.0 Å². The average molecular weight is 179 g/mol. The first-order valence-electron chi connectivity index (χ1n) is 4.94. The van der Waals surface area contributed by atoms with Gasteiger partial charge in [-0.25, -0.2) is 4.98 Å². The lowest BCUT2D eigenvalue weighted by molar-refractivity contribution is 0.326. The van der Waals surface area contributed by atoms with E-state index in [2.05, 4.69) is 18.0 Å². The van der Waals surface area contributed by atoms with Crippen LogP contribution in [0.4, 0.5) is 0 Å². The molecule has 2 heteroatoms. The van der Waals surface area contributed by atoms with Crippen molar-refractivity contribution in [2.75, 3.05) is 6.61 Å². The lowest BCUT2D eigenvalue weighted by Gasteiger charge is -2.02. The largest absolute Gasteiger partial charge is 0.478 e. The van der Waals surface area contributed by atoms with E-state index in [4.69, 9.17) is 4.74 Å². The Kier molecular flexibility index (Phi) is 4.30. The first-order valence-corrected chi connectivity index (χ1v) is 4.94. The minimum absolute atomic E-state index is 0.682. The van der Waals surface area contributed by atoms with Gasteiger partial charge in [0.25, 0.3) is 0 Å². The summed E-state index contributed by atoms with van der Waals surface area (Å²) in [6.45, 7) is 4.84. The normalized spacial score (nSPS) is 10.0. The molecule has 1 rings (SSSR count). The van der Waals surface area contributed by atoms with Gasteiger partial charge in [0.15, 0.2) is 0 Å².